The van der Waals surface area contributed by atoms with E-state index in [1.54, 1.807) is 32.2 Å². The highest BCUT2D eigenvalue weighted by molar-refractivity contribution is 5.83. The lowest BCUT2D eigenvalue weighted by Gasteiger charge is -2.21. The minimum atomic E-state index is -0.918. The Morgan fingerprint density at radius 2 is 1.78 bits per heavy atom. The van der Waals surface area contributed by atoms with Crippen LogP contribution in [0.5, 0.6) is 0 Å². The monoisotopic (exact) mass is 435 g/mol. The van der Waals surface area contributed by atoms with Crippen LogP contribution in [-0.4, -0.2) is 27.5 Å². The number of carbonyl (C=O) groups is 2. The molecule has 0 bridgehead atoms. The summed E-state index contributed by atoms with van der Waals surface area (Å²) in [4.78, 5) is 41.9. The summed E-state index contributed by atoms with van der Waals surface area (Å²) >= 11 is 0. The molecule has 0 spiro atoms. The van der Waals surface area contributed by atoms with Gasteiger partial charge in [-0.25, -0.2) is 4.98 Å². The molecule has 3 rings (SSSR count). The van der Waals surface area contributed by atoms with Gasteiger partial charge < -0.3 is 10.1 Å². The molecule has 7 nitrogen and oxygen atoms in total. The van der Waals surface area contributed by atoms with E-state index in [4.69, 9.17) is 4.74 Å². The largest absolute Gasteiger partial charge is 0.453 e. The van der Waals surface area contributed by atoms with Gasteiger partial charge >= 0.3 is 5.97 Å². The highest BCUT2D eigenvalue weighted by atomic mass is 16.5. The summed E-state index contributed by atoms with van der Waals surface area (Å²) in [6, 6.07) is 16.7. The van der Waals surface area contributed by atoms with Crippen LogP contribution in [0.4, 0.5) is 0 Å². The second kappa shape index (κ2) is 10.7. The zero-order valence-corrected chi connectivity index (χ0v) is 18.7. The summed E-state index contributed by atoms with van der Waals surface area (Å²) < 4.78 is 6.79. The average Bonchev–Trinajstić information content (AvgIpc) is 2.80. The van der Waals surface area contributed by atoms with Crippen molar-refractivity contribution >= 4 is 22.8 Å². The third-order valence-corrected chi connectivity index (χ3v) is 5.40. The Balaban J connectivity index is 1.59. The Hall–Kier alpha value is -3.48. The standard InChI is InChI=1S/C25H29N3O4/c1-4-10-20(18-11-6-5-7-12-18)27-24(30)17(2)32-23(29)16-15-22-26-21-14-9-8-13-19(21)25(31)28(22)3/h5-9,11-14,17,20H,4,10,15-16H2,1-3H3,(H,27,30). The van der Waals surface area contributed by atoms with Gasteiger partial charge in [-0.05, 0) is 31.0 Å². The number of carbonyl (C=O) groups excluding carboxylic acids is 2. The van der Waals surface area contributed by atoms with Gasteiger partial charge in [0.05, 0.1) is 23.4 Å². The van der Waals surface area contributed by atoms with Gasteiger partial charge in [0.2, 0.25) is 0 Å². The van der Waals surface area contributed by atoms with Gasteiger partial charge in [0.15, 0.2) is 6.10 Å². The molecular formula is C25H29N3O4. The molecule has 0 saturated heterocycles. The number of amides is 1. The van der Waals surface area contributed by atoms with E-state index in [0.717, 1.165) is 18.4 Å². The molecule has 0 fully saturated rings. The molecule has 32 heavy (non-hydrogen) atoms. The molecule has 2 aromatic carbocycles. The number of para-hydroxylation sites is 1. The molecule has 2 atom stereocenters. The lowest BCUT2D eigenvalue weighted by molar-refractivity contribution is -0.155. The molecule has 1 N–H and O–H groups in total. The lowest BCUT2D eigenvalue weighted by atomic mass is 10.0. The van der Waals surface area contributed by atoms with Crippen molar-refractivity contribution in [1.82, 2.24) is 14.9 Å². The summed E-state index contributed by atoms with van der Waals surface area (Å²) in [5, 5.41) is 3.51. The Morgan fingerprint density at radius 1 is 1.09 bits per heavy atom. The average molecular weight is 436 g/mol. The molecule has 1 aromatic heterocycles. The predicted molar refractivity (Wildman–Crippen MR) is 123 cm³/mol. The third kappa shape index (κ3) is 5.60. The lowest BCUT2D eigenvalue weighted by Crippen LogP contribution is -2.38. The fraction of sp³-hybridized carbons (Fsp3) is 0.360. The number of aryl methyl sites for hydroxylation is 1. The van der Waals surface area contributed by atoms with Crippen LogP contribution in [0.25, 0.3) is 10.9 Å². The molecule has 168 valence electrons. The molecule has 1 amide bonds. The van der Waals surface area contributed by atoms with Gasteiger partial charge in [0.1, 0.15) is 5.82 Å². The van der Waals surface area contributed by atoms with Crippen molar-refractivity contribution in [2.24, 2.45) is 7.05 Å². The Bertz CT molecular complexity index is 1140. The van der Waals surface area contributed by atoms with Crippen LogP contribution in [0.15, 0.2) is 59.4 Å². The SMILES string of the molecule is CCCC(NC(=O)C(C)OC(=O)CCc1nc2ccccc2c(=O)n1C)c1ccccc1. The van der Waals surface area contributed by atoms with Crippen LogP contribution in [0, 0.1) is 0 Å². The molecule has 0 saturated carbocycles. The van der Waals surface area contributed by atoms with E-state index in [1.807, 2.05) is 36.4 Å². The number of benzene rings is 2. The van der Waals surface area contributed by atoms with E-state index in [9.17, 15) is 14.4 Å². The third-order valence-electron chi connectivity index (χ3n) is 5.40. The molecule has 2 unspecified atom stereocenters. The van der Waals surface area contributed by atoms with Crippen molar-refractivity contribution in [3.05, 3.63) is 76.3 Å². The van der Waals surface area contributed by atoms with Crippen LogP contribution < -0.4 is 10.9 Å². The summed E-state index contributed by atoms with van der Waals surface area (Å²) in [7, 11) is 1.63. The number of aromatic nitrogens is 2. The number of hydrogen-bond donors (Lipinski definition) is 1. The van der Waals surface area contributed by atoms with Crippen molar-refractivity contribution in [3.63, 3.8) is 0 Å². The molecule has 0 aliphatic rings. The second-order valence-electron chi connectivity index (χ2n) is 7.80. The maximum absolute atomic E-state index is 12.6. The minimum Gasteiger partial charge on any atom is -0.453 e. The smallest absolute Gasteiger partial charge is 0.307 e. The first kappa shape index (κ1) is 23.2. The number of nitrogens with one attached hydrogen (secondary N) is 1. The first-order valence-corrected chi connectivity index (χ1v) is 10.9. The molecular weight excluding hydrogens is 406 g/mol. The number of ether oxygens (including phenoxy) is 1. The van der Waals surface area contributed by atoms with Crippen molar-refractivity contribution in [2.75, 3.05) is 0 Å². The molecule has 0 aliphatic heterocycles. The number of fused-ring (bicyclic) bond motifs is 1. The van der Waals surface area contributed by atoms with Crippen LogP contribution >= 0.6 is 0 Å². The molecule has 0 aliphatic carbocycles. The first-order valence-electron chi connectivity index (χ1n) is 10.9. The van der Waals surface area contributed by atoms with Gasteiger partial charge in [0, 0.05) is 13.5 Å². The van der Waals surface area contributed by atoms with Crippen LogP contribution in [0.3, 0.4) is 0 Å². The Labute approximate surface area is 187 Å². The van der Waals surface area contributed by atoms with E-state index >= 15 is 0 Å². The molecule has 7 heteroatoms. The number of rotatable bonds is 9. The van der Waals surface area contributed by atoms with E-state index in [-0.39, 0.29) is 30.3 Å². The van der Waals surface area contributed by atoms with E-state index in [0.29, 0.717) is 16.7 Å². The van der Waals surface area contributed by atoms with Crippen LogP contribution in [0.2, 0.25) is 0 Å². The zero-order valence-electron chi connectivity index (χ0n) is 18.7. The Morgan fingerprint density at radius 3 is 2.50 bits per heavy atom. The first-order chi connectivity index (χ1) is 15.4. The highest BCUT2D eigenvalue weighted by Gasteiger charge is 2.22. The highest BCUT2D eigenvalue weighted by Crippen LogP contribution is 2.18. The summed E-state index contributed by atoms with van der Waals surface area (Å²) in [5.74, 6) is -0.353. The molecule has 3 aromatic rings. The normalized spacial score (nSPS) is 12.8. The number of esters is 1. The van der Waals surface area contributed by atoms with Crippen molar-refractivity contribution < 1.29 is 14.3 Å². The zero-order chi connectivity index (χ0) is 23.1. The van der Waals surface area contributed by atoms with Crippen molar-refractivity contribution in [1.29, 1.82) is 0 Å². The van der Waals surface area contributed by atoms with Gasteiger partial charge in [-0.1, -0.05) is 55.8 Å². The van der Waals surface area contributed by atoms with E-state index < -0.39 is 12.1 Å². The Kier molecular flexibility index (Phi) is 7.76. The predicted octanol–water partition coefficient (Wildman–Crippen LogP) is 3.46. The molecule has 0 radical (unpaired) electrons. The topological polar surface area (TPSA) is 90.3 Å². The summed E-state index contributed by atoms with van der Waals surface area (Å²) in [5.41, 5.74) is 1.45. The van der Waals surface area contributed by atoms with Gasteiger partial charge in [-0.3, -0.25) is 19.0 Å². The number of nitrogens with zero attached hydrogens (tertiary/aromatic N) is 2. The van der Waals surface area contributed by atoms with Crippen molar-refractivity contribution in [2.45, 2.75) is 51.7 Å². The minimum absolute atomic E-state index is 0.0211. The molecule has 1 heterocycles. The maximum Gasteiger partial charge on any atom is 0.307 e. The van der Waals surface area contributed by atoms with Crippen LogP contribution in [0.1, 0.15) is 50.5 Å². The van der Waals surface area contributed by atoms with Gasteiger partial charge in [-0.15, -0.1) is 0 Å². The van der Waals surface area contributed by atoms with Crippen LogP contribution in [-0.2, 0) is 27.8 Å². The summed E-state index contributed by atoms with van der Waals surface area (Å²) in [6.07, 6.45) is 1.04. The van der Waals surface area contributed by atoms with E-state index in [1.165, 1.54) is 4.57 Å². The second-order valence-corrected chi connectivity index (χ2v) is 7.80. The van der Waals surface area contributed by atoms with Gasteiger partial charge in [0.25, 0.3) is 11.5 Å². The van der Waals surface area contributed by atoms with Crippen molar-refractivity contribution in [3.8, 4) is 0 Å². The maximum atomic E-state index is 12.6. The number of hydrogen-bond acceptors (Lipinski definition) is 5. The van der Waals surface area contributed by atoms with E-state index in [2.05, 4.69) is 17.2 Å². The fourth-order valence-electron chi connectivity index (χ4n) is 3.60. The van der Waals surface area contributed by atoms with Gasteiger partial charge in [-0.2, -0.15) is 0 Å². The quantitative estimate of drug-likeness (QED) is 0.520. The fourth-order valence-corrected chi connectivity index (χ4v) is 3.60. The summed E-state index contributed by atoms with van der Waals surface area (Å²) in [6.45, 7) is 3.62.